The van der Waals surface area contributed by atoms with E-state index in [1.54, 1.807) is 42.6 Å². The minimum atomic E-state index is -3.82. The van der Waals surface area contributed by atoms with E-state index in [-0.39, 0.29) is 21.9 Å². The maximum atomic E-state index is 13.0. The van der Waals surface area contributed by atoms with Crippen molar-refractivity contribution < 1.29 is 13.5 Å². The normalized spacial score (nSPS) is 12.3. The number of rotatable bonds is 4. The SMILES string of the molecule is CC(C)(C)c1ccc(S(=O)(=O)Nc2ccc(Br)c3cc(-c4cncc(O)c4)nn23)cc1. The number of nitrogens with one attached hydrogen (secondary N) is 1. The first-order valence-electron chi connectivity index (χ1n) is 9.51. The summed E-state index contributed by atoms with van der Waals surface area (Å²) in [6.45, 7) is 6.22. The summed E-state index contributed by atoms with van der Waals surface area (Å²) in [4.78, 5) is 4.14. The summed E-state index contributed by atoms with van der Waals surface area (Å²) in [6.07, 6.45) is 2.91. The van der Waals surface area contributed by atoms with Crippen molar-refractivity contribution in [1.82, 2.24) is 14.6 Å². The van der Waals surface area contributed by atoms with Gasteiger partial charge in [0.25, 0.3) is 10.0 Å². The van der Waals surface area contributed by atoms with Gasteiger partial charge in [0, 0.05) is 16.2 Å². The fourth-order valence-electron chi connectivity index (χ4n) is 3.16. The number of anilines is 1. The number of pyridine rings is 2. The van der Waals surface area contributed by atoms with E-state index in [2.05, 4.69) is 51.5 Å². The average Bonchev–Trinajstić information content (AvgIpc) is 3.16. The van der Waals surface area contributed by atoms with Crippen LogP contribution in [0.3, 0.4) is 0 Å². The molecule has 0 radical (unpaired) electrons. The molecule has 9 heteroatoms. The first-order chi connectivity index (χ1) is 14.5. The summed E-state index contributed by atoms with van der Waals surface area (Å²) in [6, 6.07) is 13.6. The molecule has 0 atom stereocenters. The van der Waals surface area contributed by atoms with Crippen LogP contribution < -0.4 is 4.72 Å². The summed E-state index contributed by atoms with van der Waals surface area (Å²) in [7, 11) is -3.82. The minimum Gasteiger partial charge on any atom is -0.506 e. The van der Waals surface area contributed by atoms with E-state index >= 15 is 0 Å². The topological polar surface area (TPSA) is 96.6 Å². The molecule has 4 aromatic rings. The zero-order valence-electron chi connectivity index (χ0n) is 17.2. The number of sulfonamides is 1. The summed E-state index contributed by atoms with van der Waals surface area (Å²) in [5, 5.41) is 14.2. The molecule has 160 valence electrons. The lowest BCUT2D eigenvalue weighted by Crippen LogP contribution is -2.16. The van der Waals surface area contributed by atoms with E-state index in [1.807, 2.05) is 12.1 Å². The molecular formula is C22H21BrN4O3S. The van der Waals surface area contributed by atoms with E-state index < -0.39 is 10.0 Å². The third-order valence-electron chi connectivity index (χ3n) is 4.86. The van der Waals surface area contributed by atoms with Gasteiger partial charge in [-0.25, -0.2) is 12.9 Å². The Morgan fingerprint density at radius 2 is 1.74 bits per heavy atom. The van der Waals surface area contributed by atoms with Gasteiger partial charge >= 0.3 is 0 Å². The van der Waals surface area contributed by atoms with E-state index in [9.17, 15) is 13.5 Å². The predicted molar refractivity (Wildman–Crippen MR) is 124 cm³/mol. The van der Waals surface area contributed by atoms with Crippen molar-refractivity contribution in [2.75, 3.05) is 4.72 Å². The Balaban J connectivity index is 1.73. The van der Waals surface area contributed by atoms with Crippen LogP contribution in [0.4, 0.5) is 5.82 Å². The van der Waals surface area contributed by atoms with E-state index in [0.717, 1.165) is 10.0 Å². The molecule has 0 aliphatic carbocycles. The monoisotopic (exact) mass is 500 g/mol. The van der Waals surface area contributed by atoms with Gasteiger partial charge in [-0.1, -0.05) is 32.9 Å². The zero-order chi connectivity index (χ0) is 22.4. The lowest BCUT2D eigenvalue weighted by atomic mass is 9.87. The van der Waals surface area contributed by atoms with Gasteiger partial charge in [-0.05, 0) is 63.3 Å². The molecule has 1 aromatic carbocycles. The molecule has 0 unspecified atom stereocenters. The number of hydrogen-bond donors (Lipinski definition) is 2. The maximum Gasteiger partial charge on any atom is 0.263 e. The Morgan fingerprint density at radius 1 is 1.03 bits per heavy atom. The van der Waals surface area contributed by atoms with Gasteiger partial charge in [-0.2, -0.15) is 5.10 Å². The molecule has 3 heterocycles. The van der Waals surface area contributed by atoms with Gasteiger partial charge in [0.2, 0.25) is 0 Å². The quantitative estimate of drug-likeness (QED) is 0.412. The molecule has 0 aliphatic rings. The smallest absolute Gasteiger partial charge is 0.263 e. The van der Waals surface area contributed by atoms with Crippen molar-refractivity contribution in [2.45, 2.75) is 31.1 Å². The number of aromatic nitrogens is 3. The van der Waals surface area contributed by atoms with E-state index in [0.29, 0.717) is 16.8 Å². The molecule has 7 nitrogen and oxygen atoms in total. The number of fused-ring (bicyclic) bond motifs is 1. The van der Waals surface area contributed by atoms with Crippen molar-refractivity contribution in [3.8, 4) is 17.0 Å². The zero-order valence-corrected chi connectivity index (χ0v) is 19.6. The van der Waals surface area contributed by atoms with Crippen molar-refractivity contribution in [3.63, 3.8) is 0 Å². The highest BCUT2D eigenvalue weighted by atomic mass is 79.9. The third-order valence-corrected chi connectivity index (χ3v) is 6.90. The highest BCUT2D eigenvalue weighted by Gasteiger charge is 2.20. The lowest BCUT2D eigenvalue weighted by molar-refractivity contribution is 0.473. The first-order valence-corrected chi connectivity index (χ1v) is 11.8. The lowest BCUT2D eigenvalue weighted by Gasteiger charge is -2.19. The van der Waals surface area contributed by atoms with Crippen molar-refractivity contribution in [3.05, 3.63) is 71.0 Å². The summed E-state index contributed by atoms with van der Waals surface area (Å²) in [5.41, 5.74) is 2.81. The molecule has 0 saturated heterocycles. The van der Waals surface area contributed by atoms with Crippen molar-refractivity contribution >= 4 is 37.3 Å². The largest absolute Gasteiger partial charge is 0.506 e. The molecule has 4 rings (SSSR count). The summed E-state index contributed by atoms with van der Waals surface area (Å²) < 4.78 is 30.9. The number of nitrogens with zero attached hydrogens (tertiary/aromatic N) is 3. The summed E-state index contributed by atoms with van der Waals surface area (Å²) in [5.74, 6) is 0.311. The molecule has 0 aliphatic heterocycles. The Bertz CT molecular complexity index is 1370. The van der Waals surface area contributed by atoms with Crippen LogP contribution in [0.1, 0.15) is 26.3 Å². The highest BCUT2D eigenvalue weighted by molar-refractivity contribution is 9.10. The molecule has 31 heavy (non-hydrogen) atoms. The molecule has 0 amide bonds. The fraction of sp³-hybridized carbons (Fsp3) is 0.182. The Labute approximate surface area is 189 Å². The third kappa shape index (κ3) is 4.28. The van der Waals surface area contributed by atoms with Crippen molar-refractivity contribution in [2.24, 2.45) is 0 Å². The van der Waals surface area contributed by atoms with Crippen LogP contribution in [0, 0.1) is 0 Å². The Kier molecular flexibility index (Phi) is 5.26. The Hall–Kier alpha value is -2.91. The van der Waals surface area contributed by atoms with Gasteiger partial charge in [-0.3, -0.25) is 9.71 Å². The molecule has 0 fully saturated rings. The predicted octanol–water partition coefficient (Wildman–Crippen LogP) is 4.96. The van der Waals surface area contributed by atoms with Gasteiger partial charge in [0.1, 0.15) is 11.6 Å². The van der Waals surface area contributed by atoms with Gasteiger partial charge < -0.3 is 5.11 Å². The highest BCUT2D eigenvalue weighted by Crippen LogP contribution is 2.30. The maximum absolute atomic E-state index is 13.0. The van der Waals surface area contributed by atoms with E-state index in [4.69, 9.17) is 0 Å². The molecule has 3 aromatic heterocycles. The molecule has 2 N–H and O–H groups in total. The van der Waals surface area contributed by atoms with Crippen LogP contribution in [-0.4, -0.2) is 28.1 Å². The van der Waals surface area contributed by atoms with Gasteiger partial charge in [0.15, 0.2) is 0 Å². The average molecular weight is 501 g/mol. The Morgan fingerprint density at radius 3 is 2.39 bits per heavy atom. The number of aromatic hydroxyl groups is 1. The van der Waals surface area contributed by atoms with Crippen LogP contribution in [0.5, 0.6) is 5.75 Å². The second-order valence-corrected chi connectivity index (χ2v) is 10.7. The van der Waals surface area contributed by atoms with Crippen LogP contribution in [0.25, 0.3) is 16.8 Å². The van der Waals surface area contributed by atoms with Gasteiger partial charge in [-0.15, -0.1) is 0 Å². The first kappa shape index (κ1) is 21.3. The molecule has 0 bridgehead atoms. The van der Waals surface area contributed by atoms with Crippen LogP contribution >= 0.6 is 15.9 Å². The van der Waals surface area contributed by atoms with Crippen LogP contribution in [0.2, 0.25) is 0 Å². The molecule has 0 spiro atoms. The number of hydrogen-bond acceptors (Lipinski definition) is 5. The second-order valence-electron chi connectivity index (χ2n) is 8.20. The summed E-state index contributed by atoms with van der Waals surface area (Å²) >= 11 is 3.48. The van der Waals surface area contributed by atoms with Crippen molar-refractivity contribution in [1.29, 1.82) is 0 Å². The number of halogens is 1. The van der Waals surface area contributed by atoms with Crippen LogP contribution in [-0.2, 0) is 15.4 Å². The number of benzene rings is 1. The van der Waals surface area contributed by atoms with E-state index in [1.165, 1.54) is 10.7 Å². The second kappa shape index (κ2) is 7.65. The fourth-order valence-corrected chi connectivity index (χ4v) is 4.62. The van der Waals surface area contributed by atoms with Gasteiger partial charge in [0.05, 0.1) is 22.3 Å². The standard InChI is InChI=1S/C22H21BrN4O3S/c1-22(2,3)15-4-6-17(7-5-15)31(29,30)26-21-9-8-18(23)20-11-19(25-27(20)21)14-10-16(28)13-24-12-14/h4-13,26,28H,1-3H3. The van der Waals surface area contributed by atoms with Crippen LogP contribution in [0.15, 0.2) is 70.3 Å². The minimum absolute atomic E-state index is 0.0215. The molecular weight excluding hydrogens is 480 g/mol. The molecule has 0 saturated carbocycles.